The van der Waals surface area contributed by atoms with Crippen molar-refractivity contribution in [3.8, 4) is 0 Å². The number of piperazine rings is 1. The van der Waals surface area contributed by atoms with Gasteiger partial charge in [0.1, 0.15) is 6.04 Å². The van der Waals surface area contributed by atoms with Gasteiger partial charge in [0.2, 0.25) is 11.8 Å². The summed E-state index contributed by atoms with van der Waals surface area (Å²) < 4.78 is 0. The van der Waals surface area contributed by atoms with Gasteiger partial charge in [-0.2, -0.15) is 0 Å². The Hall–Kier alpha value is -3.71. The number of carbonyl (C=O) groups excluding carboxylic acids is 3. The Labute approximate surface area is 198 Å². The number of benzene rings is 3. The Morgan fingerprint density at radius 3 is 2.47 bits per heavy atom. The van der Waals surface area contributed by atoms with Gasteiger partial charge < -0.3 is 15.5 Å². The summed E-state index contributed by atoms with van der Waals surface area (Å²) in [6, 6.07) is 21.0. The number of nitrogens with zero attached hydrogens (tertiary/aromatic N) is 2. The van der Waals surface area contributed by atoms with E-state index in [1.807, 2.05) is 4.90 Å². The molecule has 0 saturated carbocycles. The van der Waals surface area contributed by atoms with Crippen molar-refractivity contribution < 1.29 is 14.4 Å². The van der Waals surface area contributed by atoms with Crippen molar-refractivity contribution >= 4 is 34.2 Å². The molecule has 0 aromatic heterocycles. The van der Waals surface area contributed by atoms with Crippen LogP contribution in [0.25, 0.3) is 10.8 Å². The molecule has 2 heterocycles. The van der Waals surface area contributed by atoms with Crippen LogP contribution in [0.1, 0.15) is 28.8 Å². The van der Waals surface area contributed by atoms with Crippen LogP contribution in [0.5, 0.6) is 0 Å². The summed E-state index contributed by atoms with van der Waals surface area (Å²) in [5, 5.41) is 8.07. The van der Waals surface area contributed by atoms with Crippen molar-refractivity contribution in [2.45, 2.75) is 25.4 Å². The van der Waals surface area contributed by atoms with Crippen molar-refractivity contribution in [1.82, 2.24) is 15.1 Å². The van der Waals surface area contributed by atoms with E-state index < -0.39 is 6.04 Å². The zero-order valence-electron chi connectivity index (χ0n) is 19.0. The van der Waals surface area contributed by atoms with Gasteiger partial charge in [0.15, 0.2) is 0 Å². The average Bonchev–Trinajstić information content (AvgIpc) is 2.98. The van der Waals surface area contributed by atoms with Crippen LogP contribution in [0.3, 0.4) is 0 Å². The Bertz CT molecular complexity index is 1230. The van der Waals surface area contributed by atoms with Crippen LogP contribution in [-0.2, 0) is 16.1 Å². The Morgan fingerprint density at radius 1 is 0.882 bits per heavy atom. The van der Waals surface area contributed by atoms with Crippen LogP contribution >= 0.6 is 0 Å². The fraction of sp³-hybridized carbons (Fsp3) is 0.296. The minimum Gasteiger partial charge on any atom is -0.340 e. The number of rotatable bonds is 5. The van der Waals surface area contributed by atoms with Gasteiger partial charge in [-0.1, -0.05) is 54.6 Å². The second-order valence-electron chi connectivity index (χ2n) is 8.89. The van der Waals surface area contributed by atoms with E-state index in [-0.39, 0.29) is 30.6 Å². The first-order valence-electron chi connectivity index (χ1n) is 11.8. The lowest BCUT2D eigenvalue weighted by atomic mass is 10.0. The van der Waals surface area contributed by atoms with Crippen molar-refractivity contribution in [1.29, 1.82) is 0 Å². The first-order chi connectivity index (χ1) is 16.6. The van der Waals surface area contributed by atoms with Gasteiger partial charge in [0, 0.05) is 39.1 Å². The van der Waals surface area contributed by atoms with Gasteiger partial charge >= 0.3 is 0 Å². The van der Waals surface area contributed by atoms with Crippen LogP contribution in [0.15, 0.2) is 66.7 Å². The third-order valence-electron chi connectivity index (χ3n) is 6.70. The number of anilines is 1. The molecule has 34 heavy (non-hydrogen) atoms. The minimum atomic E-state index is -0.725. The molecule has 0 radical (unpaired) electrons. The zero-order valence-corrected chi connectivity index (χ0v) is 19.0. The molecule has 1 saturated heterocycles. The van der Waals surface area contributed by atoms with E-state index in [4.69, 9.17) is 0 Å². The standard InChI is InChI=1S/C27H28N4O3/c32-25(13-12-24-27(34)28-23-11-4-3-10-22(23)26(33)29-24)31-16-14-30(15-17-31)18-20-8-5-7-19-6-1-2-9-21(19)20/h1-11,24H,12-18H2,(H,28,34)(H,29,33)/t24-/m0/s1. The molecule has 2 N–H and O–H groups in total. The van der Waals surface area contributed by atoms with Crippen LogP contribution in [0, 0.1) is 0 Å². The van der Waals surface area contributed by atoms with E-state index in [0.717, 1.165) is 19.6 Å². The van der Waals surface area contributed by atoms with Crippen LogP contribution in [0.4, 0.5) is 5.69 Å². The number of fused-ring (bicyclic) bond motifs is 2. The maximum atomic E-state index is 12.8. The van der Waals surface area contributed by atoms with E-state index in [1.165, 1.54) is 16.3 Å². The fourth-order valence-electron chi connectivity index (χ4n) is 4.77. The monoisotopic (exact) mass is 456 g/mol. The number of hydrogen-bond donors (Lipinski definition) is 2. The van der Waals surface area contributed by atoms with E-state index in [9.17, 15) is 14.4 Å². The first-order valence-corrected chi connectivity index (χ1v) is 11.8. The molecule has 5 rings (SSSR count). The molecule has 3 amide bonds. The molecule has 3 aromatic carbocycles. The van der Waals surface area contributed by atoms with Gasteiger partial charge in [0.05, 0.1) is 11.3 Å². The summed E-state index contributed by atoms with van der Waals surface area (Å²) >= 11 is 0. The Kier molecular flexibility index (Phi) is 6.27. The third kappa shape index (κ3) is 4.65. The van der Waals surface area contributed by atoms with Gasteiger partial charge in [0.25, 0.3) is 5.91 Å². The number of nitrogens with one attached hydrogen (secondary N) is 2. The van der Waals surface area contributed by atoms with E-state index in [0.29, 0.717) is 24.3 Å². The van der Waals surface area contributed by atoms with Crippen LogP contribution in [-0.4, -0.2) is 59.7 Å². The zero-order chi connectivity index (χ0) is 23.5. The van der Waals surface area contributed by atoms with Crippen molar-refractivity contribution in [2.24, 2.45) is 0 Å². The van der Waals surface area contributed by atoms with Crippen molar-refractivity contribution in [3.05, 3.63) is 77.9 Å². The SMILES string of the molecule is O=C1N[C@@H](CCC(=O)N2CCN(Cc3cccc4ccccc34)CC2)C(=O)Nc2ccccc21. The molecule has 7 nitrogen and oxygen atoms in total. The number of hydrogen-bond acceptors (Lipinski definition) is 4. The van der Waals surface area contributed by atoms with Crippen molar-refractivity contribution in [2.75, 3.05) is 31.5 Å². The lowest BCUT2D eigenvalue weighted by Gasteiger charge is -2.35. The lowest BCUT2D eigenvalue weighted by Crippen LogP contribution is -2.49. The molecule has 174 valence electrons. The smallest absolute Gasteiger partial charge is 0.254 e. The summed E-state index contributed by atoms with van der Waals surface area (Å²) in [6.07, 6.45) is 0.499. The Morgan fingerprint density at radius 2 is 1.62 bits per heavy atom. The fourth-order valence-corrected chi connectivity index (χ4v) is 4.77. The van der Waals surface area contributed by atoms with Crippen LogP contribution < -0.4 is 10.6 Å². The highest BCUT2D eigenvalue weighted by Crippen LogP contribution is 2.22. The molecular formula is C27H28N4O3. The van der Waals surface area contributed by atoms with Gasteiger partial charge in [-0.05, 0) is 34.9 Å². The molecule has 7 heteroatoms. The maximum absolute atomic E-state index is 12.8. The predicted molar refractivity (Wildman–Crippen MR) is 131 cm³/mol. The maximum Gasteiger partial charge on any atom is 0.254 e. The topological polar surface area (TPSA) is 81.8 Å². The largest absolute Gasteiger partial charge is 0.340 e. The molecule has 1 atom stereocenters. The van der Waals surface area contributed by atoms with Crippen molar-refractivity contribution in [3.63, 3.8) is 0 Å². The number of para-hydroxylation sites is 1. The summed E-state index contributed by atoms with van der Waals surface area (Å²) in [6.45, 7) is 3.81. The highest BCUT2D eigenvalue weighted by Gasteiger charge is 2.29. The summed E-state index contributed by atoms with van der Waals surface area (Å²) in [7, 11) is 0. The molecule has 0 bridgehead atoms. The molecular weight excluding hydrogens is 428 g/mol. The molecule has 0 unspecified atom stereocenters. The molecule has 2 aliphatic rings. The van der Waals surface area contributed by atoms with Gasteiger partial charge in [-0.15, -0.1) is 0 Å². The highest BCUT2D eigenvalue weighted by atomic mass is 16.2. The third-order valence-corrected chi connectivity index (χ3v) is 6.70. The summed E-state index contributed by atoms with van der Waals surface area (Å²) in [5.41, 5.74) is 2.24. The second-order valence-corrected chi connectivity index (χ2v) is 8.89. The van der Waals surface area contributed by atoms with E-state index in [2.05, 4.69) is 58.0 Å². The van der Waals surface area contributed by atoms with Gasteiger partial charge in [-0.3, -0.25) is 19.3 Å². The Balaban J connectivity index is 1.13. The average molecular weight is 457 g/mol. The molecule has 2 aliphatic heterocycles. The number of carbonyl (C=O) groups is 3. The second kappa shape index (κ2) is 9.65. The minimum absolute atomic E-state index is 0.0219. The normalized spacial score (nSPS) is 18.7. The summed E-state index contributed by atoms with van der Waals surface area (Å²) in [4.78, 5) is 42.1. The lowest BCUT2D eigenvalue weighted by molar-refractivity contribution is -0.133. The summed E-state index contributed by atoms with van der Waals surface area (Å²) in [5.74, 6) is -0.562. The highest BCUT2D eigenvalue weighted by molar-refractivity contribution is 6.09. The molecule has 0 spiro atoms. The van der Waals surface area contributed by atoms with Crippen LogP contribution in [0.2, 0.25) is 0 Å². The van der Waals surface area contributed by atoms with Gasteiger partial charge in [-0.25, -0.2) is 0 Å². The first kappa shape index (κ1) is 22.1. The quantitative estimate of drug-likeness (QED) is 0.619. The molecule has 0 aliphatic carbocycles. The number of amides is 3. The van der Waals surface area contributed by atoms with E-state index in [1.54, 1.807) is 24.3 Å². The molecule has 1 fully saturated rings. The predicted octanol–water partition coefficient (Wildman–Crippen LogP) is 3.01. The van der Waals surface area contributed by atoms with E-state index >= 15 is 0 Å². The molecule has 3 aromatic rings.